The summed E-state index contributed by atoms with van der Waals surface area (Å²) < 4.78 is 5.16. The van der Waals surface area contributed by atoms with Crippen LogP contribution in [0.4, 0.5) is 11.6 Å². The van der Waals surface area contributed by atoms with Crippen LogP contribution in [0.5, 0.6) is 0 Å². The van der Waals surface area contributed by atoms with Crippen LogP contribution in [0, 0.1) is 6.92 Å². The number of rotatable bonds is 5. The van der Waals surface area contributed by atoms with Gasteiger partial charge in [0.25, 0.3) is 0 Å². The fourth-order valence-corrected chi connectivity index (χ4v) is 1.63. The number of likely N-dealkylation sites (N-methyl/N-ethyl adjacent to an activating group) is 1. The van der Waals surface area contributed by atoms with Crippen LogP contribution in [0.1, 0.15) is 25.2 Å². The van der Waals surface area contributed by atoms with Crippen molar-refractivity contribution in [2.24, 2.45) is 0 Å². The van der Waals surface area contributed by atoms with Crippen LogP contribution in [0.3, 0.4) is 0 Å². The van der Waals surface area contributed by atoms with Gasteiger partial charge in [-0.3, -0.25) is 0 Å². The average Bonchev–Trinajstić information content (AvgIpc) is 2.31. The fraction of sp³-hybridized carbons (Fsp3) is 0.667. The molecule has 0 bridgehead atoms. The lowest BCUT2D eigenvalue weighted by Crippen LogP contribution is -2.34. The Morgan fingerprint density at radius 2 is 2.06 bits per heavy atom. The van der Waals surface area contributed by atoms with E-state index in [0.717, 1.165) is 23.6 Å². The van der Waals surface area contributed by atoms with Crippen molar-refractivity contribution in [2.75, 3.05) is 31.4 Å². The number of nitrogens with two attached hydrogens (primary N) is 1. The molecule has 0 saturated carbocycles. The number of ether oxygens (including phenoxy) is 1. The van der Waals surface area contributed by atoms with Gasteiger partial charge in [0.05, 0.1) is 12.6 Å². The highest BCUT2D eigenvalue weighted by atomic mass is 16.5. The summed E-state index contributed by atoms with van der Waals surface area (Å²) in [4.78, 5) is 10.9. The van der Waals surface area contributed by atoms with E-state index in [9.17, 15) is 0 Å². The Balaban J connectivity index is 3.07. The molecule has 1 aromatic heterocycles. The van der Waals surface area contributed by atoms with Crippen molar-refractivity contribution < 1.29 is 4.74 Å². The van der Waals surface area contributed by atoms with Crippen molar-refractivity contribution in [3.63, 3.8) is 0 Å². The van der Waals surface area contributed by atoms with E-state index in [1.54, 1.807) is 7.11 Å². The highest BCUT2D eigenvalue weighted by Gasteiger charge is 2.16. The molecule has 17 heavy (non-hydrogen) atoms. The maximum absolute atomic E-state index is 5.90. The monoisotopic (exact) mass is 238 g/mol. The standard InChI is InChI=1S/C12H22N4O/c1-6-10-14-11(13)9(3)12(15-10)16(4)8(2)7-17-5/h8H,6-7H2,1-5H3,(H2,13,14,15). The van der Waals surface area contributed by atoms with Crippen LogP contribution < -0.4 is 10.6 Å². The quantitative estimate of drug-likeness (QED) is 0.840. The Hall–Kier alpha value is -1.36. The first-order valence-electron chi connectivity index (χ1n) is 5.86. The molecule has 0 aliphatic rings. The first-order valence-corrected chi connectivity index (χ1v) is 5.86. The highest BCUT2D eigenvalue weighted by molar-refractivity contribution is 5.56. The Bertz CT molecular complexity index is 381. The molecule has 0 aliphatic carbocycles. The zero-order chi connectivity index (χ0) is 13.0. The molecule has 0 aliphatic heterocycles. The van der Waals surface area contributed by atoms with E-state index in [4.69, 9.17) is 10.5 Å². The molecular weight excluding hydrogens is 216 g/mol. The summed E-state index contributed by atoms with van der Waals surface area (Å²) in [5.74, 6) is 2.22. The van der Waals surface area contributed by atoms with Gasteiger partial charge in [-0.25, -0.2) is 9.97 Å². The van der Waals surface area contributed by atoms with Crippen molar-refractivity contribution in [3.05, 3.63) is 11.4 Å². The topological polar surface area (TPSA) is 64.3 Å². The number of anilines is 2. The lowest BCUT2D eigenvalue weighted by molar-refractivity contribution is 0.183. The van der Waals surface area contributed by atoms with Gasteiger partial charge in [-0.05, 0) is 13.8 Å². The third-order valence-electron chi connectivity index (χ3n) is 2.92. The molecule has 1 atom stereocenters. The Morgan fingerprint density at radius 3 is 2.59 bits per heavy atom. The summed E-state index contributed by atoms with van der Waals surface area (Å²) >= 11 is 0. The van der Waals surface area contributed by atoms with Crippen molar-refractivity contribution in [3.8, 4) is 0 Å². The molecule has 1 aromatic rings. The summed E-state index contributed by atoms with van der Waals surface area (Å²) in [7, 11) is 3.70. The predicted octanol–water partition coefficient (Wildman–Crippen LogP) is 1.40. The summed E-state index contributed by atoms with van der Waals surface area (Å²) in [5.41, 5.74) is 6.82. The minimum Gasteiger partial charge on any atom is -0.383 e. The van der Waals surface area contributed by atoms with Crippen molar-refractivity contribution in [1.29, 1.82) is 0 Å². The van der Waals surface area contributed by atoms with Crippen molar-refractivity contribution in [2.45, 2.75) is 33.2 Å². The van der Waals surface area contributed by atoms with E-state index in [2.05, 4.69) is 21.8 Å². The second-order valence-corrected chi connectivity index (χ2v) is 4.24. The van der Waals surface area contributed by atoms with Gasteiger partial charge in [0.2, 0.25) is 0 Å². The van der Waals surface area contributed by atoms with E-state index < -0.39 is 0 Å². The zero-order valence-corrected chi connectivity index (χ0v) is 11.3. The summed E-state index contributed by atoms with van der Waals surface area (Å²) in [5, 5.41) is 0. The molecule has 0 saturated heterocycles. The minimum absolute atomic E-state index is 0.248. The molecular formula is C12H22N4O. The molecule has 1 rings (SSSR count). The third kappa shape index (κ3) is 3.06. The summed E-state index contributed by atoms with van der Waals surface area (Å²) in [6.07, 6.45) is 0.782. The first-order chi connectivity index (χ1) is 8.01. The maximum atomic E-state index is 5.90. The Labute approximate surface area is 103 Å². The van der Waals surface area contributed by atoms with Gasteiger partial charge < -0.3 is 15.4 Å². The molecule has 1 unspecified atom stereocenters. The van der Waals surface area contributed by atoms with E-state index >= 15 is 0 Å². The van der Waals surface area contributed by atoms with E-state index in [1.165, 1.54) is 0 Å². The van der Waals surface area contributed by atoms with Gasteiger partial charge in [0, 0.05) is 26.1 Å². The van der Waals surface area contributed by atoms with Gasteiger partial charge in [-0.15, -0.1) is 0 Å². The van der Waals surface area contributed by atoms with Crippen LogP contribution in [-0.4, -0.2) is 36.8 Å². The molecule has 0 spiro atoms. The second kappa shape index (κ2) is 5.82. The Kier molecular flexibility index (Phi) is 4.69. The normalized spacial score (nSPS) is 12.5. The molecule has 1 heterocycles. The first kappa shape index (κ1) is 13.7. The number of hydrogen-bond acceptors (Lipinski definition) is 5. The molecule has 5 nitrogen and oxygen atoms in total. The van der Waals surface area contributed by atoms with Crippen LogP contribution in [-0.2, 0) is 11.2 Å². The van der Waals surface area contributed by atoms with Gasteiger partial charge in [0.15, 0.2) is 0 Å². The van der Waals surface area contributed by atoms with Gasteiger partial charge in [-0.1, -0.05) is 6.92 Å². The number of aromatic nitrogens is 2. The Morgan fingerprint density at radius 1 is 1.41 bits per heavy atom. The fourth-order valence-electron chi connectivity index (χ4n) is 1.63. The molecule has 96 valence electrons. The number of aryl methyl sites for hydroxylation is 1. The lowest BCUT2D eigenvalue weighted by Gasteiger charge is -2.27. The van der Waals surface area contributed by atoms with Crippen LogP contribution >= 0.6 is 0 Å². The van der Waals surface area contributed by atoms with Gasteiger partial charge in [-0.2, -0.15) is 0 Å². The number of methoxy groups -OCH3 is 1. The minimum atomic E-state index is 0.248. The van der Waals surface area contributed by atoms with Gasteiger partial charge in [0.1, 0.15) is 17.5 Å². The molecule has 0 fully saturated rings. The van der Waals surface area contributed by atoms with Gasteiger partial charge >= 0.3 is 0 Å². The summed E-state index contributed by atoms with van der Waals surface area (Å²) in [6, 6.07) is 0.248. The number of nitrogens with zero attached hydrogens (tertiary/aromatic N) is 3. The predicted molar refractivity (Wildman–Crippen MR) is 70.3 cm³/mol. The van der Waals surface area contributed by atoms with E-state index in [0.29, 0.717) is 12.4 Å². The van der Waals surface area contributed by atoms with E-state index in [1.807, 2.05) is 20.9 Å². The molecule has 0 aromatic carbocycles. The van der Waals surface area contributed by atoms with Crippen LogP contribution in [0.2, 0.25) is 0 Å². The lowest BCUT2D eigenvalue weighted by atomic mass is 10.2. The largest absolute Gasteiger partial charge is 0.383 e. The third-order valence-corrected chi connectivity index (χ3v) is 2.92. The van der Waals surface area contributed by atoms with E-state index in [-0.39, 0.29) is 6.04 Å². The summed E-state index contributed by atoms with van der Waals surface area (Å²) in [6.45, 7) is 6.71. The van der Waals surface area contributed by atoms with Crippen molar-refractivity contribution >= 4 is 11.6 Å². The average molecular weight is 238 g/mol. The molecule has 5 heteroatoms. The SMILES string of the molecule is CCc1nc(N)c(C)c(N(C)C(C)COC)n1. The molecule has 2 N–H and O–H groups in total. The van der Waals surface area contributed by atoms with Crippen molar-refractivity contribution in [1.82, 2.24) is 9.97 Å². The smallest absolute Gasteiger partial charge is 0.137 e. The highest BCUT2D eigenvalue weighted by Crippen LogP contribution is 2.22. The number of nitrogen functional groups attached to an aromatic ring is 1. The van der Waals surface area contributed by atoms with Crippen LogP contribution in [0.15, 0.2) is 0 Å². The molecule has 0 amide bonds. The molecule has 0 radical (unpaired) electrons. The maximum Gasteiger partial charge on any atom is 0.137 e. The second-order valence-electron chi connectivity index (χ2n) is 4.24. The zero-order valence-electron chi connectivity index (χ0n) is 11.3. The number of hydrogen-bond donors (Lipinski definition) is 1. The van der Waals surface area contributed by atoms with Crippen LogP contribution in [0.25, 0.3) is 0 Å².